The van der Waals surface area contributed by atoms with Gasteiger partial charge in [0.1, 0.15) is 0 Å². The third-order valence-electron chi connectivity index (χ3n) is 5.40. The molecule has 2 amide bonds. The summed E-state index contributed by atoms with van der Waals surface area (Å²) in [6.45, 7) is 0.320. The summed E-state index contributed by atoms with van der Waals surface area (Å²) in [6.07, 6.45) is 2.67. The van der Waals surface area contributed by atoms with Gasteiger partial charge in [0.05, 0.1) is 5.52 Å². The van der Waals surface area contributed by atoms with E-state index in [0.717, 1.165) is 22.5 Å². The van der Waals surface area contributed by atoms with Crippen molar-refractivity contribution < 1.29 is 18.4 Å². The fourth-order valence-corrected chi connectivity index (χ4v) is 3.80. The maximum atomic E-state index is 14.0. The van der Waals surface area contributed by atoms with Gasteiger partial charge in [-0.15, -0.1) is 0 Å². The van der Waals surface area contributed by atoms with Crippen LogP contribution >= 0.6 is 0 Å². The van der Waals surface area contributed by atoms with E-state index in [1.807, 2.05) is 30.3 Å². The Hall–Kier alpha value is -3.35. The molecule has 0 saturated carbocycles. The monoisotopic (exact) mass is 409 g/mol. The molecule has 1 unspecified atom stereocenters. The zero-order valence-corrected chi connectivity index (χ0v) is 16.3. The fourth-order valence-electron chi connectivity index (χ4n) is 3.80. The number of nitrogens with zero attached hydrogens (tertiary/aromatic N) is 2. The molecule has 3 aromatic rings. The van der Waals surface area contributed by atoms with E-state index in [-0.39, 0.29) is 36.4 Å². The Bertz CT molecular complexity index is 1100. The lowest BCUT2D eigenvalue weighted by Gasteiger charge is -2.25. The van der Waals surface area contributed by atoms with Gasteiger partial charge in [0.2, 0.25) is 11.8 Å². The van der Waals surface area contributed by atoms with Gasteiger partial charge in [-0.25, -0.2) is 8.78 Å². The van der Waals surface area contributed by atoms with Crippen LogP contribution in [0.15, 0.2) is 54.7 Å². The summed E-state index contributed by atoms with van der Waals surface area (Å²) in [6, 6.07) is 13.2. The molecule has 5 nitrogen and oxygen atoms in total. The van der Waals surface area contributed by atoms with Crippen molar-refractivity contribution in [3.63, 3.8) is 0 Å². The lowest BCUT2D eigenvalue weighted by atomic mass is 10.1. The van der Waals surface area contributed by atoms with Crippen LogP contribution in [-0.2, 0) is 22.7 Å². The molecule has 0 aliphatic carbocycles. The topological polar surface area (TPSA) is 62.3 Å². The first-order valence-electron chi connectivity index (χ1n) is 9.84. The molecule has 0 spiro atoms. The van der Waals surface area contributed by atoms with Gasteiger partial charge in [-0.2, -0.15) is 0 Å². The molecule has 1 saturated heterocycles. The van der Waals surface area contributed by atoms with Crippen LogP contribution in [0.5, 0.6) is 0 Å². The molecule has 1 aliphatic heterocycles. The average Bonchev–Trinajstić information content (AvgIpc) is 3.09. The largest absolute Gasteiger partial charge is 0.352 e. The van der Waals surface area contributed by atoms with Crippen LogP contribution in [0, 0.1) is 11.6 Å². The second-order valence-electron chi connectivity index (χ2n) is 7.44. The SMILES string of the molecule is O=C(CC1CCC(=O)N1Cc1cccc(F)c1F)NCc1ccc2ncccc2c1. The van der Waals surface area contributed by atoms with E-state index in [2.05, 4.69) is 10.3 Å². The van der Waals surface area contributed by atoms with E-state index in [1.54, 1.807) is 6.20 Å². The Morgan fingerprint density at radius 3 is 2.90 bits per heavy atom. The number of amides is 2. The number of fused-ring (bicyclic) bond motifs is 1. The molecule has 1 N–H and O–H groups in total. The Morgan fingerprint density at radius 1 is 1.17 bits per heavy atom. The van der Waals surface area contributed by atoms with Gasteiger partial charge < -0.3 is 10.2 Å². The maximum absolute atomic E-state index is 14.0. The summed E-state index contributed by atoms with van der Waals surface area (Å²) in [5.74, 6) is -2.24. The maximum Gasteiger partial charge on any atom is 0.223 e. The predicted octanol–water partition coefficient (Wildman–Crippen LogP) is 3.71. The van der Waals surface area contributed by atoms with Crippen LogP contribution in [0.1, 0.15) is 30.4 Å². The molecule has 154 valence electrons. The van der Waals surface area contributed by atoms with E-state index in [0.29, 0.717) is 19.4 Å². The van der Waals surface area contributed by atoms with Crippen LogP contribution in [0.4, 0.5) is 8.78 Å². The van der Waals surface area contributed by atoms with Crippen LogP contribution in [-0.4, -0.2) is 27.7 Å². The minimum atomic E-state index is -0.953. The van der Waals surface area contributed by atoms with Crippen LogP contribution in [0.3, 0.4) is 0 Å². The third-order valence-corrected chi connectivity index (χ3v) is 5.40. The van der Waals surface area contributed by atoms with Gasteiger partial charge >= 0.3 is 0 Å². The average molecular weight is 409 g/mol. The molecular formula is C23H21F2N3O2. The van der Waals surface area contributed by atoms with Crippen molar-refractivity contribution in [3.8, 4) is 0 Å². The van der Waals surface area contributed by atoms with E-state index in [1.165, 1.54) is 17.0 Å². The number of pyridine rings is 1. The van der Waals surface area contributed by atoms with Crippen molar-refractivity contribution in [1.82, 2.24) is 15.2 Å². The standard InChI is InChI=1S/C23H21F2N3O2/c24-19-5-1-3-17(23(19)25)14-28-18(7-9-22(28)30)12-21(29)27-13-15-6-8-20-16(11-15)4-2-10-26-20/h1-6,8,10-11,18H,7,9,12-14H2,(H,27,29). The molecule has 2 heterocycles. The van der Waals surface area contributed by atoms with Gasteiger partial charge in [-0.1, -0.05) is 24.3 Å². The van der Waals surface area contributed by atoms with Crippen molar-refractivity contribution in [2.45, 2.75) is 38.4 Å². The van der Waals surface area contributed by atoms with Gasteiger partial charge in [0, 0.05) is 49.1 Å². The van der Waals surface area contributed by atoms with Crippen LogP contribution in [0.2, 0.25) is 0 Å². The highest BCUT2D eigenvalue weighted by molar-refractivity contribution is 5.82. The Kier molecular flexibility index (Phi) is 5.70. The first-order chi connectivity index (χ1) is 14.5. The van der Waals surface area contributed by atoms with E-state index >= 15 is 0 Å². The predicted molar refractivity (Wildman–Crippen MR) is 108 cm³/mol. The minimum Gasteiger partial charge on any atom is -0.352 e. The molecule has 2 aromatic carbocycles. The molecular weight excluding hydrogens is 388 g/mol. The lowest BCUT2D eigenvalue weighted by molar-refractivity contribution is -0.130. The molecule has 4 rings (SSSR count). The number of hydrogen-bond acceptors (Lipinski definition) is 3. The Balaban J connectivity index is 1.37. The number of hydrogen-bond donors (Lipinski definition) is 1. The molecule has 1 aromatic heterocycles. The third kappa shape index (κ3) is 4.30. The number of carbonyl (C=O) groups is 2. The number of aromatic nitrogens is 1. The number of likely N-dealkylation sites (tertiary alicyclic amines) is 1. The van der Waals surface area contributed by atoms with E-state index in [4.69, 9.17) is 0 Å². The van der Waals surface area contributed by atoms with Gasteiger partial charge in [0.25, 0.3) is 0 Å². The van der Waals surface area contributed by atoms with E-state index < -0.39 is 11.6 Å². The highest BCUT2D eigenvalue weighted by Gasteiger charge is 2.33. The summed E-state index contributed by atoms with van der Waals surface area (Å²) in [4.78, 5) is 30.5. The van der Waals surface area contributed by atoms with Gasteiger partial charge in [-0.3, -0.25) is 14.6 Å². The molecule has 30 heavy (non-hydrogen) atoms. The minimum absolute atomic E-state index is 0.0436. The summed E-state index contributed by atoms with van der Waals surface area (Å²) in [5, 5.41) is 3.87. The van der Waals surface area contributed by atoms with E-state index in [9.17, 15) is 18.4 Å². The van der Waals surface area contributed by atoms with Crippen molar-refractivity contribution in [3.05, 3.63) is 77.5 Å². The zero-order valence-electron chi connectivity index (χ0n) is 16.3. The number of nitrogens with one attached hydrogen (secondary N) is 1. The highest BCUT2D eigenvalue weighted by Crippen LogP contribution is 2.25. The highest BCUT2D eigenvalue weighted by atomic mass is 19.2. The van der Waals surface area contributed by atoms with Gasteiger partial charge in [-0.05, 0) is 36.2 Å². The second-order valence-corrected chi connectivity index (χ2v) is 7.44. The first-order valence-corrected chi connectivity index (χ1v) is 9.84. The molecule has 7 heteroatoms. The lowest BCUT2D eigenvalue weighted by Crippen LogP contribution is -2.37. The second kappa shape index (κ2) is 8.57. The number of benzene rings is 2. The van der Waals surface area contributed by atoms with Crippen LogP contribution < -0.4 is 5.32 Å². The molecule has 1 aliphatic rings. The fraction of sp³-hybridized carbons (Fsp3) is 0.261. The Morgan fingerprint density at radius 2 is 2.03 bits per heavy atom. The van der Waals surface area contributed by atoms with Crippen LogP contribution in [0.25, 0.3) is 10.9 Å². The van der Waals surface area contributed by atoms with Crippen molar-refractivity contribution in [2.24, 2.45) is 0 Å². The summed E-state index contributed by atoms with van der Waals surface area (Å²) in [7, 11) is 0. The molecule has 0 bridgehead atoms. The normalized spacial score (nSPS) is 16.3. The summed E-state index contributed by atoms with van der Waals surface area (Å²) >= 11 is 0. The van der Waals surface area contributed by atoms with Gasteiger partial charge in [0.15, 0.2) is 11.6 Å². The number of halogens is 2. The number of rotatable bonds is 6. The molecule has 0 radical (unpaired) electrons. The summed E-state index contributed by atoms with van der Waals surface area (Å²) < 4.78 is 27.5. The Labute approximate surface area is 172 Å². The van der Waals surface area contributed by atoms with Crippen molar-refractivity contribution >= 4 is 22.7 Å². The van der Waals surface area contributed by atoms with Crippen molar-refractivity contribution in [1.29, 1.82) is 0 Å². The quantitative estimate of drug-likeness (QED) is 0.675. The first kappa shape index (κ1) is 19.9. The number of carbonyl (C=O) groups excluding carboxylic acids is 2. The smallest absolute Gasteiger partial charge is 0.223 e. The molecule has 1 fully saturated rings. The zero-order chi connectivity index (χ0) is 21.1. The summed E-state index contributed by atoms with van der Waals surface area (Å²) in [5.41, 5.74) is 1.95. The van der Waals surface area contributed by atoms with Crippen molar-refractivity contribution in [2.75, 3.05) is 0 Å². The molecule has 1 atom stereocenters.